The summed E-state index contributed by atoms with van der Waals surface area (Å²) in [5, 5.41) is 3.40. The molecule has 3 N–H and O–H groups in total. The Morgan fingerprint density at radius 1 is 1.21 bits per heavy atom. The Hall–Kier alpha value is -3.88. The molecule has 38 heavy (non-hydrogen) atoms. The van der Waals surface area contributed by atoms with Crippen LogP contribution in [0, 0.1) is 0 Å². The van der Waals surface area contributed by atoms with Crippen LogP contribution < -0.4 is 15.8 Å². The number of nitrogens with one attached hydrogen (secondary N) is 1. The molecule has 2 aliphatic heterocycles. The molecular weight excluding hydrogens is 504 g/mol. The largest absolute Gasteiger partial charge is 0.486 e. The average Bonchev–Trinajstić information content (AvgIpc) is 3.23. The van der Waals surface area contributed by atoms with Gasteiger partial charge in [0.25, 0.3) is 5.91 Å². The Kier molecular flexibility index (Phi) is 7.91. The van der Waals surface area contributed by atoms with Crippen LogP contribution in [-0.4, -0.2) is 60.7 Å². The van der Waals surface area contributed by atoms with E-state index in [-0.39, 0.29) is 17.9 Å². The third kappa shape index (κ3) is 5.82. The lowest BCUT2D eigenvalue weighted by Gasteiger charge is -2.28. The molecule has 2 amide bonds. The van der Waals surface area contributed by atoms with Gasteiger partial charge in [0.2, 0.25) is 5.91 Å². The highest BCUT2D eigenvalue weighted by Crippen LogP contribution is 2.42. The van der Waals surface area contributed by atoms with Gasteiger partial charge >= 0.3 is 0 Å². The fraction of sp³-hybridized carbons (Fsp3) is 0.276. The van der Waals surface area contributed by atoms with Crippen LogP contribution in [-0.2, 0) is 20.7 Å². The number of morpholine rings is 1. The number of halogens is 1. The summed E-state index contributed by atoms with van der Waals surface area (Å²) in [7, 11) is 0. The molecule has 0 radical (unpaired) electrons. The van der Waals surface area contributed by atoms with Gasteiger partial charge in [0.1, 0.15) is 17.7 Å². The van der Waals surface area contributed by atoms with E-state index in [4.69, 9.17) is 26.8 Å². The first-order valence-electron chi connectivity index (χ1n) is 12.6. The molecule has 1 aromatic heterocycles. The van der Waals surface area contributed by atoms with Gasteiger partial charge in [-0.1, -0.05) is 35.9 Å². The maximum Gasteiger partial charge on any atom is 0.254 e. The Labute approximate surface area is 226 Å². The molecule has 3 heterocycles. The van der Waals surface area contributed by atoms with Gasteiger partial charge in [-0.2, -0.15) is 0 Å². The van der Waals surface area contributed by atoms with Crippen molar-refractivity contribution < 1.29 is 19.1 Å². The minimum Gasteiger partial charge on any atom is -0.486 e. The molecule has 9 heteroatoms. The molecule has 8 nitrogen and oxygen atoms in total. The van der Waals surface area contributed by atoms with Crippen molar-refractivity contribution in [3.63, 3.8) is 0 Å². The zero-order valence-electron chi connectivity index (χ0n) is 20.9. The summed E-state index contributed by atoms with van der Waals surface area (Å²) >= 11 is 6.52. The van der Waals surface area contributed by atoms with E-state index in [0.29, 0.717) is 67.9 Å². The number of carbonyl (C=O) groups is 2. The number of amides is 2. The predicted molar refractivity (Wildman–Crippen MR) is 147 cm³/mol. The van der Waals surface area contributed by atoms with Crippen LogP contribution in [0.2, 0.25) is 5.02 Å². The number of fused-ring (bicyclic) bond motifs is 1. The first-order chi connectivity index (χ1) is 18.5. The van der Waals surface area contributed by atoms with E-state index < -0.39 is 0 Å². The molecule has 196 valence electrons. The van der Waals surface area contributed by atoms with E-state index in [1.165, 1.54) is 6.08 Å². The van der Waals surface area contributed by atoms with Crippen molar-refractivity contribution in [1.82, 2.24) is 15.2 Å². The highest BCUT2D eigenvalue weighted by molar-refractivity contribution is 6.32. The molecule has 1 aromatic carbocycles. The number of anilines is 1. The number of nitrogen functional groups attached to an aromatic ring is 1. The van der Waals surface area contributed by atoms with Gasteiger partial charge in [-0.3, -0.25) is 9.59 Å². The SMILES string of the molecule is Nc1ccc(/C=C/C(=O)NCC2Cc3c(C4=CCC=CC=C4C(=O)N4CCOCC4)ccc(Cl)c3O2)cn1. The molecule has 0 saturated carbocycles. The summed E-state index contributed by atoms with van der Waals surface area (Å²) in [6.07, 6.45) is 13.6. The van der Waals surface area contributed by atoms with Gasteiger partial charge in [-0.25, -0.2) is 4.98 Å². The van der Waals surface area contributed by atoms with E-state index in [1.807, 2.05) is 29.2 Å². The van der Waals surface area contributed by atoms with Crippen LogP contribution in [0.4, 0.5) is 5.82 Å². The summed E-state index contributed by atoms with van der Waals surface area (Å²) in [5.41, 5.74) is 9.75. The van der Waals surface area contributed by atoms with Crippen LogP contribution in [0.25, 0.3) is 11.6 Å². The normalized spacial score (nSPS) is 18.9. The number of hydrogen-bond acceptors (Lipinski definition) is 6. The van der Waals surface area contributed by atoms with Crippen molar-refractivity contribution in [2.24, 2.45) is 0 Å². The molecular formula is C29H29ClN4O4. The molecule has 0 bridgehead atoms. The van der Waals surface area contributed by atoms with E-state index in [0.717, 1.165) is 22.3 Å². The maximum atomic E-state index is 13.5. The number of rotatable bonds is 6. The van der Waals surface area contributed by atoms with Crippen LogP contribution in [0.5, 0.6) is 5.75 Å². The molecule has 1 unspecified atom stereocenters. The van der Waals surface area contributed by atoms with Crippen molar-refractivity contribution in [2.75, 3.05) is 38.6 Å². The van der Waals surface area contributed by atoms with Crippen molar-refractivity contribution in [2.45, 2.75) is 18.9 Å². The molecule has 2 aromatic rings. The fourth-order valence-electron chi connectivity index (χ4n) is 4.70. The number of pyridine rings is 1. The Morgan fingerprint density at radius 3 is 2.84 bits per heavy atom. The van der Waals surface area contributed by atoms with E-state index in [2.05, 4.69) is 16.4 Å². The second-order valence-electron chi connectivity index (χ2n) is 9.21. The quantitative estimate of drug-likeness (QED) is 0.551. The first-order valence-corrected chi connectivity index (χ1v) is 13.0. The fourth-order valence-corrected chi connectivity index (χ4v) is 4.92. The lowest BCUT2D eigenvalue weighted by atomic mass is 9.90. The summed E-state index contributed by atoms with van der Waals surface area (Å²) in [5.74, 6) is 0.766. The van der Waals surface area contributed by atoms with Gasteiger partial charge in [-0.05, 0) is 53.5 Å². The number of benzene rings is 1. The standard InChI is InChI=1S/C29H29ClN4O4/c30-25-9-8-22(21-4-2-1-3-5-23(21)29(36)34-12-14-37-15-13-34)24-16-20(38-28(24)25)18-33-27(35)11-7-19-6-10-26(31)32-17-19/h1,3-11,17,20H,2,12-16,18H2,(H2,31,32)(H,33,35)/b11-7+. The van der Waals surface area contributed by atoms with Crippen molar-refractivity contribution >= 4 is 40.9 Å². The monoisotopic (exact) mass is 532 g/mol. The molecule has 1 atom stereocenters. The topological polar surface area (TPSA) is 107 Å². The molecule has 1 fully saturated rings. The van der Waals surface area contributed by atoms with Crippen LogP contribution in [0.1, 0.15) is 23.1 Å². The number of carbonyl (C=O) groups excluding carboxylic acids is 2. The number of nitrogens with two attached hydrogens (primary N) is 1. The number of aromatic nitrogens is 1. The number of allylic oxidation sites excluding steroid dienone is 4. The van der Waals surface area contributed by atoms with Crippen LogP contribution in [0.15, 0.2) is 66.4 Å². The number of nitrogens with zero attached hydrogens (tertiary/aromatic N) is 2. The van der Waals surface area contributed by atoms with Gasteiger partial charge in [0, 0.05) is 42.9 Å². The highest BCUT2D eigenvalue weighted by Gasteiger charge is 2.31. The molecule has 5 rings (SSSR count). The van der Waals surface area contributed by atoms with E-state index in [1.54, 1.807) is 30.5 Å². The lowest BCUT2D eigenvalue weighted by Crippen LogP contribution is -2.41. The summed E-state index contributed by atoms with van der Waals surface area (Å²) in [6, 6.07) is 7.22. The number of hydrogen-bond donors (Lipinski definition) is 2. The summed E-state index contributed by atoms with van der Waals surface area (Å²) < 4.78 is 11.6. The minimum absolute atomic E-state index is 0.0133. The first kappa shape index (κ1) is 25.8. The van der Waals surface area contributed by atoms with Gasteiger partial charge < -0.3 is 25.4 Å². The zero-order chi connectivity index (χ0) is 26.5. The Bertz CT molecular complexity index is 1340. The predicted octanol–water partition coefficient (Wildman–Crippen LogP) is 3.58. The minimum atomic E-state index is -0.286. The van der Waals surface area contributed by atoms with Gasteiger partial charge in [0.05, 0.1) is 24.8 Å². The average molecular weight is 533 g/mol. The summed E-state index contributed by atoms with van der Waals surface area (Å²) in [4.78, 5) is 31.7. The van der Waals surface area contributed by atoms with Crippen molar-refractivity contribution in [3.8, 4) is 5.75 Å². The van der Waals surface area contributed by atoms with Crippen molar-refractivity contribution in [3.05, 3.63) is 88.1 Å². The molecule has 1 saturated heterocycles. The third-order valence-electron chi connectivity index (χ3n) is 6.64. The van der Waals surface area contributed by atoms with Gasteiger partial charge in [-0.15, -0.1) is 0 Å². The second-order valence-corrected chi connectivity index (χ2v) is 9.62. The third-order valence-corrected chi connectivity index (χ3v) is 6.93. The molecule has 0 spiro atoms. The Morgan fingerprint density at radius 2 is 2.05 bits per heavy atom. The lowest BCUT2D eigenvalue weighted by molar-refractivity contribution is -0.130. The second kappa shape index (κ2) is 11.7. The number of ether oxygens (including phenoxy) is 2. The van der Waals surface area contributed by atoms with Crippen LogP contribution in [0.3, 0.4) is 0 Å². The zero-order valence-corrected chi connectivity index (χ0v) is 21.6. The molecule has 3 aliphatic rings. The van der Waals surface area contributed by atoms with Crippen LogP contribution >= 0.6 is 11.6 Å². The highest BCUT2D eigenvalue weighted by atomic mass is 35.5. The van der Waals surface area contributed by atoms with E-state index >= 15 is 0 Å². The maximum absolute atomic E-state index is 13.5. The smallest absolute Gasteiger partial charge is 0.254 e. The van der Waals surface area contributed by atoms with Gasteiger partial charge in [0.15, 0.2) is 0 Å². The summed E-state index contributed by atoms with van der Waals surface area (Å²) in [6.45, 7) is 2.53. The van der Waals surface area contributed by atoms with Crippen molar-refractivity contribution in [1.29, 1.82) is 0 Å². The Balaban J connectivity index is 1.30. The molecule has 1 aliphatic carbocycles. The van der Waals surface area contributed by atoms with E-state index in [9.17, 15) is 9.59 Å².